The lowest BCUT2D eigenvalue weighted by Crippen LogP contribution is -2.29. The van der Waals surface area contributed by atoms with Crippen molar-refractivity contribution < 1.29 is 8.42 Å². The monoisotopic (exact) mass is 322 g/mol. The van der Waals surface area contributed by atoms with Crippen LogP contribution in [0.4, 0.5) is 5.69 Å². The van der Waals surface area contributed by atoms with Crippen molar-refractivity contribution in [2.75, 3.05) is 24.7 Å². The third-order valence-electron chi connectivity index (χ3n) is 2.33. The van der Waals surface area contributed by atoms with Gasteiger partial charge in [0.25, 0.3) is 5.56 Å². The lowest BCUT2D eigenvalue weighted by molar-refractivity contribution is 0.464. The highest BCUT2D eigenvalue weighted by atomic mass is 35.5. The van der Waals surface area contributed by atoms with E-state index in [0.29, 0.717) is 18.8 Å². The van der Waals surface area contributed by atoms with Gasteiger partial charge in [0.1, 0.15) is 5.02 Å². The second-order valence-corrected chi connectivity index (χ2v) is 7.06. The average molecular weight is 323 g/mol. The Kier molecular flexibility index (Phi) is 5.97. The van der Waals surface area contributed by atoms with Gasteiger partial charge in [-0.2, -0.15) is 5.10 Å². The first-order chi connectivity index (χ1) is 9.20. The summed E-state index contributed by atoms with van der Waals surface area (Å²) in [6.07, 6.45) is 2.54. The fourth-order valence-corrected chi connectivity index (χ4v) is 2.18. The maximum atomic E-state index is 11.9. The molecule has 0 radical (unpaired) electrons. The Labute approximate surface area is 123 Å². The quantitative estimate of drug-likeness (QED) is 0.714. The molecule has 0 aliphatic carbocycles. The zero-order chi connectivity index (χ0) is 15.3. The SMILES string of the molecule is CC(C)Cn1ncc(NCCNS(C)(=O)=O)c(Cl)c1=O. The predicted octanol–water partition coefficient (Wildman–Crippen LogP) is 0.514. The Morgan fingerprint density at radius 2 is 2.05 bits per heavy atom. The summed E-state index contributed by atoms with van der Waals surface area (Å²) in [4.78, 5) is 11.9. The number of aromatic nitrogens is 2. The van der Waals surface area contributed by atoms with Gasteiger partial charge in [0, 0.05) is 19.6 Å². The molecular formula is C11H19ClN4O3S. The van der Waals surface area contributed by atoms with Crippen molar-refractivity contribution in [2.45, 2.75) is 20.4 Å². The Balaban J connectivity index is 2.69. The van der Waals surface area contributed by atoms with Crippen LogP contribution in [0.25, 0.3) is 0 Å². The zero-order valence-electron chi connectivity index (χ0n) is 11.7. The van der Waals surface area contributed by atoms with Crippen molar-refractivity contribution in [3.05, 3.63) is 21.6 Å². The summed E-state index contributed by atoms with van der Waals surface area (Å²) in [5, 5.41) is 6.95. The molecule has 0 aromatic carbocycles. The fourth-order valence-electron chi connectivity index (χ4n) is 1.50. The number of anilines is 1. The minimum atomic E-state index is -3.22. The van der Waals surface area contributed by atoms with Crippen molar-refractivity contribution in [1.29, 1.82) is 0 Å². The summed E-state index contributed by atoms with van der Waals surface area (Å²) in [6, 6.07) is 0. The third-order valence-corrected chi connectivity index (χ3v) is 3.42. The van der Waals surface area contributed by atoms with Crippen LogP contribution in [0.2, 0.25) is 5.02 Å². The zero-order valence-corrected chi connectivity index (χ0v) is 13.3. The van der Waals surface area contributed by atoms with Gasteiger partial charge in [0.05, 0.1) is 18.1 Å². The number of hydrogen-bond donors (Lipinski definition) is 2. The van der Waals surface area contributed by atoms with Gasteiger partial charge in [0.15, 0.2) is 0 Å². The van der Waals surface area contributed by atoms with E-state index in [4.69, 9.17) is 11.6 Å². The molecule has 1 rings (SSSR count). The van der Waals surface area contributed by atoms with Gasteiger partial charge >= 0.3 is 0 Å². The van der Waals surface area contributed by atoms with Gasteiger partial charge in [0.2, 0.25) is 10.0 Å². The second-order valence-electron chi connectivity index (χ2n) is 4.85. The molecule has 1 heterocycles. The summed E-state index contributed by atoms with van der Waals surface area (Å²) in [5.74, 6) is 0.286. The number of hydrogen-bond acceptors (Lipinski definition) is 5. The van der Waals surface area contributed by atoms with Crippen molar-refractivity contribution in [2.24, 2.45) is 5.92 Å². The van der Waals surface area contributed by atoms with Gasteiger partial charge in [-0.15, -0.1) is 0 Å². The van der Waals surface area contributed by atoms with E-state index in [-0.39, 0.29) is 23.0 Å². The number of rotatable bonds is 7. The normalized spacial score (nSPS) is 11.8. The van der Waals surface area contributed by atoms with Crippen LogP contribution in [-0.4, -0.2) is 37.5 Å². The maximum absolute atomic E-state index is 11.9. The van der Waals surface area contributed by atoms with Crippen LogP contribution in [0.15, 0.2) is 11.0 Å². The minimum absolute atomic E-state index is 0.0556. The highest BCUT2D eigenvalue weighted by Crippen LogP contribution is 2.14. The van der Waals surface area contributed by atoms with E-state index in [9.17, 15) is 13.2 Å². The van der Waals surface area contributed by atoms with Crippen LogP contribution < -0.4 is 15.6 Å². The topological polar surface area (TPSA) is 93.1 Å². The summed E-state index contributed by atoms with van der Waals surface area (Å²) in [6.45, 7) is 4.96. The van der Waals surface area contributed by atoms with E-state index in [1.54, 1.807) is 0 Å². The van der Waals surface area contributed by atoms with Crippen LogP contribution in [0.1, 0.15) is 13.8 Å². The lowest BCUT2D eigenvalue weighted by Gasteiger charge is -2.11. The third kappa shape index (κ3) is 5.48. The standard InChI is InChI=1S/C11H19ClN4O3S/c1-8(2)7-16-11(17)10(12)9(6-14-16)13-4-5-15-20(3,18)19/h6,8,13,15H,4-5,7H2,1-3H3. The molecule has 0 bridgehead atoms. The summed E-state index contributed by atoms with van der Waals surface area (Å²) < 4.78 is 25.4. The first kappa shape index (κ1) is 16.9. The molecular weight excluding hydrogens is 304 g/mol. The molecule has 9 heteroatoms. The van der Waals surface area contributed by atoms with E-state index in [1.165, 1.54) is 10.9 Å². The first-order valence-electron chi connectivity index (χ1n) is 6.15. The summed E-state index contributed by atoms with van der Waals surface area (Å²) >= 11 is 5.98. The average Bonchev–Trinajstić information content (AvgIpc) is 2.31. The summed E-state index contributed by atoms with van der Waals surface area (Å²) in [5.41, 5.74) is 0.0356. The molecule has 0 spiro atoms. The highest BCUT2D eigenvalue weighted by molar-refractivity contribution is 7.88. The molecule has 0 fully saturated rings. The summed E-state index contributed by atoms with van der Waals surface area (Å²) in [7, 11) is -3.22. The van der Waals surface area contributed by atoms with E-state index in [0.717, 1.165) is 6.26 Å². The van der Waals surface area contributed by atoms with Gasteiger partial charge < -0.3 is 5.32 Å². The number of halogens is 1. The van der Waals surface area contributed by atoms with E-state index in [2.05, 4.69) is 15.1 Å². The highest BCUT2D eigenvalue weighted by Gasteiger charge is 2.10. The Hall–Kier alpha value is -1.12. The molecule has 1 aromatic heterocycles. The van der Waals surface area contributed by atoms with Crippen molar-refractivity contribution in [1.82, 2.24) is 14.5 Å². The molecule has 2 N–H and O–H groups in total. The molecule has 0 aliphatic rings. The van der Waals surface area contributed by atoms with Crippen molar-refractivity contribution in [3.8, 4) is 0 Å². The van der Waals surface area contributed by atoms with E-state index >= 15 is 0 Å². The smallest absolute Gasteiger partial charge is 0.287 e. The van der Waals surface area contributed by atoms with Gasteiger partial charge in [-0.05, 0) is 5.92 Å². The number of nitrogens with one attached hydrogen (secondary N) is 2. The van der Waals surface area contributed by atoms with Gasteiger partial charge in [-0.25, -0.2) is 17.8 Å². The van der Waals surface area contributed by atoms with Gasteiger partial charge in [-0.3, -0.25) is 4.79 Å². The Morgan fingerprint density at radius 1 is 1.40 bits per heavy atom. The maximum Gasteiger partial charge on any atom is 0.287 e. The molecule has 0 aliphatic heterocycles. The number of nitrogens with zero attached hydrogens (tertiary/aromatic N) is 2. The molecule has 1 aromatic rings. The molecule has 114 valence electrons. The van der Waals surface area contributed by atoms with Crippen molar-refractivity contribution >= 4 is 27.3 Å². The molecule has 0 saturated carbocycles. The fraction of sp³-hybridized carbons (Fsp3) is 0.636. The predicted molar refractivity (Wildman–Crippen MR) is 79.7 cm³/mol. The molecule has 7 nitrogen and oxygen atoms in total. The molecule has 0 amide bonds. The van der Waals surface area contributed by atoms with Crippen LogP contribution >= 0.6 is 11.6 Å². The van der Waals surface area contributed by atoms with Gasteiger partial charge in [-0.1, -0.05) is 25.4 Å². The Bertz CT molecular complexity index is 613. The van der Waals surface area contributed by atoms with E-state index in [1.807, 2.05) is 13.8 Å². The molecule has 20 heavy (non-hydrogen) atoms. The van der Waals surface area contributed by atoms with Crippen LogP contribution in [0.3, 0.4) is 0 Å². The number of sulfonamides is 1. The van der Waals surface area contributed by atoms with Crippen LogP contribution in [-0.2, 0) is 16.6 Å². The molecule has 0 atom stereocenters. The lowest BCUT2D eigenvalue weighted by atomic mass is 10.2. The first-order valence-corrected chi connectivity index (χ1v) is 8.41. The molecule has 0 unspecified atom stereocenters. The van der Waals surface area contributed by atoms with Crippen LogP contribution in [0, 0.1) is 5.92 Å². The largest absolute Gasteiger partial charge is 0.381 e. The van der Waals surface area contributed by atoms with E-state index < -0.39 is 10.0 Å². The molecule has 0 saturated heterocycles. The Morgan fingerprint density at radius 3 is 2.60 bits per heavy atom. The van der Waals surface area contributed by atoms with Crippen molar-refractivity contribution in [3.63, 3.8) is 0 Å². The minimum Gasteiger partial charge on any atom is -0.381 e. The van der Waals surface area contributed by atoms with Crippen LogP contribution in [0.5, 0.6) is 0 Å². The second kappa shape index (κ2) is 7.05.